The van der Waals surface area contributed by atoms with Crippen LogP contribution < -0.4 is 10.5 Å². The molecule has 1 aromatic carbocycles. The lowest BCUT2D eigenvalue weighted by Crippen LogP contribution is -2.03. The summed E-state index contributed by atoms with van der Waals surface area (Å²) < 4.78 is 5.35. The van der Waals surface area contributed by atoms with E-state index < -0.39 is 0 Å². The molecule has 1 aromatic heterocycles. The van der Waals surface area contributed by atoms with Crippen LogP contribution in [0.1, 0.15) is 29.8 Å². The summed E-state index contributed by atoms with van der Waals surface area (Å²) in [5.41, 5.74) is 8.66. The summed E-state index contributed by atoms with van der Waals surface area (Å²) in [6, 6.07) is 13.0. The van der Waals surface area contributed by atoms with Gasteiger partial charge in [0.05, 0.1) is 7.11 Å². The van der Waals surface area contributed by atoms with Gasteiger partial charge in [-0.05, 0) is 18.2 Å². The van der Waals surface area contributed by atoms with Crippen LogP contribution in [0, 0.1) is 11.3 Å². The van der Waals surface area contributed by atoms with Gasteiger partial charge in [-0.15, -0.1) is 0 Å². The molecule has 0 saturated carbocycles. The Bertz CT molecular complexity index is 632. The first-order valence-corrected chi connectivity index (χ1v) is 5.96. The second kappa shape index (κ2) is 5.40. The molecule has 0 aliphatic heterocycles. The number of pyridine rings is 1. The Morgan fingerprint density at radius 3 is 2.79 bits per heavy atom. The number of aromatic nitrogens is 1. The highest BCUT2D eigenvalue weighted by atomic mass is 16.5. The molecule has 0 aliphatic rings. The molecule has 2 rings (SSSR count). The molecule has 0 amide bonds. The van der Waals surface area contributed by atoms with Crippen molar-refractivity contribution in [2.45, 2.75) is 12.8 Å². The molecule has 0 fully saturated rings. The lowest BCUT2D eigenvalue weighted by atomic mass is 9.95. The Morgan fingerprint density at radius 2 is 2.11 bits per heavy atom. The van der Waals surface area contributed by atoms with Gasteiger partial charge < -0.3 is 10.5 Å². The van der Waals surface area contributed by atoms with E-state index in [-0.39, 0.29) is 5.92 Å². The fourth-order valence-electron chi connectivity index (χ4n) is 2.00. The van der Waals surface area contributed by atoms with E-state index in [0.29, 0.717) is 11.4 Å². The summed E-state index contributed by atoms with van der Waals surface area (Å²) in [4.78, 5) is 4.32. The zero-order valence-corrected chi connectivity index (χ0v) is 10.9. The molecule has 4 nitrogen and oxygen atoms in total. The van der Waals surface area contributed by atoms with Crippen LogP contribution in [0.5, 0.6) is 5.75 Å². The Morgan fingerprint density at radius 1 is 1.32 bits per heavy atom. The predicted molar refractivity (Wildman–Crippen MR) is 73.9 cm³/mol. The van der Waals surface area contributed by atoms with Crippen molar-refractivity contribution in [2.75, 3.05) is 12.8 Å². The number of rotatable bonds is 3. The molecule has 96 valence electrons. The molecule has 2 N–H and O–H groups in total. The van der Waals surface area contributed by atoms with Crippen LogP contribution in [0.3, 0.4) is 0 Å². The zero-order chi connectivity index (χ0) is 13.8. The molecular formula is C15H15N3O. The fraction of sp³-hybridized carbons (Fsp3) is 0.200. The van der Waals surface area contributed by atoms with Crippen molar-refractivity contribution in [2.24, 2.45) is 0 Å². The maximum atomic E-state index is 8.90. The van der Waals surface area contributed by atoms with Gasteiger partial charge in [0.1, 0.15) is 17.5 Å². The van der Waals surface area contributed by atoms with Crippen LogP contribution in [0.25, 0.3) is 0 Å². The Hall–Kier alpha value is -2.54. The summed E-state index contributed by atoms with van der Waals surface area (Å²) in [6.07, 6.45) is 0. The predicted octanol–water partition coefficient (Wildman–Crippen LogP) is 2.70. The molecule has 4 heteroatoms. The standard InChI is InChI=1S/C15H15N3O/c1-10(14-5-3-4-12(9-16)18-14)13-7-6-11(17)8-15(13)19-2/h3-8,10H,17H2,1-2H3. The van der Waals surface area contributed by atoms with Crippen molar-refractivity contribution >= 4 is 5.69 Å². The number of nitriles is 1. The summed E-state index contributed by atoms with van der Waals surface area (Å²) >= 11 is 0. The average Bonchev–Trinajstić information content (AvgIpc) is 2.46. The molecule has 19 heavy (non-hydrogen) atoms. The van der Waals surface area contributed by atoms with E-state index in [1.807, 2.05) is 37.3 Å². The Labute approximate surface area is 112 Å². The number of methoxy groups -OCH3 is 1. The van der Waals surface area contributed by atoms with Gasteiger partial charge in [-0.2, -0.15) is 5.26 Å². The van der Waals surface area contributed by atoms with Gasteiger partial charge in [0.2, 0.25) is 0 Å². The van der Waals surface area contributed by atoms with Gasteiger partial charge in [-0.3, -0.25) is 0 Å². The number of nitrogen functional groups attached to an aromatic ring is 1. The smallest absolute Gasteiger partial charge is 0.140 e. The van der Waals surface area contributed by atoms with E-state index in [4.69, 9.17) is 15.7 Å². The largest absolute Gasteiger partial charge is 0.496 e. The Balaban J connectivity index is 2.43. The zero-order valence-electron chi connectivity index (χ0n) is 10.9. The molecule has 0 aliphatic carbocycles. The number of ether oxygens (including phenoxy) is 1. The van der Waals surface area contributed by atoms with Crippen LogP contribution in [0.4, 0.5) is 5.69 Å². The van der Waals surface area contributed by atoms with Crippen molar-refractivity contribution in [1.82, 2.24) is 4.98 Å². The number of nitrogens with two attached hydrogens (primary N) is 1. The van der Waals surface area contributed by atoms with Gasteiger partial charge in [-0.1, -0.05) is 19.1 Å². The third-order valence-electron chi connectivity index (χ3n) is 3.05. The molecule has 1 atom stereocenters. The number of nitrogens with zero attached hydrogens (tertiary/aromatic N) is 2. The second-order valence-corrected chi connectivity index (χ2v) is 4.28. The van der Waals surface area contributed by atoms with E-state index in [0.717, 1.165) is 17.0 Å². The first-order valence-electron chi connectivity index (χ1n) is 5.96. The fourth-order valence-corrected chi connectivity index (χ4v) is 2.00. The first-order chi connectivity index (χ1) is 9.15. The summed E-state index contributed by atoms with van der Waals surface area (Å²) in [5, 5.41) is 8.90. The summed E-state index contributed by atoms with van der Waals surface area (Å²) in [6.45, 7) is 2.03. The highest BCUT2D eigenvalue weighted by Gasteiger charge is 2.15. The highest BCUT2D eigenvalue weighted by Crippen LogP contribution is 2.32. The second-order valence-electron chi connectivity index (χ2n) is 4.28. The molecule has 0 bridgehead atoms. The van der Waals surface area contributed by atoms with Gasteiger partial charge in [0.25, 0.3) is 0 Å². The lowest BCUT2D eigenvalue weighted by molar-refractivity contribution is 0.408. The van der Waals surface area contributed by atoms with Crippen molar-refractivity contribution in [3.8, 4) is 11.8 Å². The minimum atomic E-state index is 0.0313. The summed E-state index contributed by atoms with van der Waals surface area (Å²) in [7, 11) is 1.62. The number of hydrogen-bond donors (Lipinski definition) is 1. The van der Waals surface area contributed by atoms with Crippen molar-refractivity contribution < 1.29 is 4.74 Å². The molecule has 1 unspecified atom stereocenters. The van der Waals surface area contributed by atoms with E-state index in [2.05, 4.69) is 4.98 Å². The SMILES string of the molecule is COc1cc(N)ccc1C(C)c1cccc(C#N)n1. The van der Waals surface area contributed by atoms with Crippen molar-refractivity contribution in [3.05, 3.63) is 53.3 Å². The Kier molecular flexibility index (Phi) is 3.67. The minimum absolute atomic E-state index is 0.0313. The van der Waals surface area contributed by atoms with Gasteiger partial charge >= 0.3 is 0 Å². The number of anilines is 1. The summed E-state index contributed by atoms with van der Waals surface area (Å²) in [5.74, 6) is 0.764. The molecule has 0 saturated heterocycles. The van der Waals surface area contributed by atoms with Gasteiger partial charge in [0.15, 0.2) is 0 Å². The quantitative estimate of drug-likeness (QED) is 0.853. The lowest BCUT2D eigenvalue weighted by Gasteiger charge is -2.16. The molecule has 0 spiro atoms. The highest BCUT2D eigenvalue weighted by molar-refractivity contribution is 5.51. The minimum Gasteiger partial charge on any atom is -0.496 e. The van der Waals surface area contributed by atoms with Crippen molar-refractivity contribution in [3.63, 3.8) is 0 Å². The normalized spacial score (nSPS) is 11.6. The molecular weight excluding hydrogens is 238 g/mol. The van der Waals surface area contributed by atoms with Crippen LogP contribution >= 0.6 is 0 Å². The van der Waals surface area contributed by atoms with Crippen LogP contribution in [-0.2, 0) is 0 Å². The average molecular weight is 253 g/mol. The third kappa shape index (κ3) is 2.66. The molecule has 1 heterocycles. The van der Waals surface area contributed by atoms with Crippen LogP contribution in [0.15, 0.2) is 36.4 Å². The molecule has 0 radical (unpaired) electrons. The molecule has 2 aromatic rings. The van der Waals surface area contributed by atoms with Crippen LogP contribution in [-0.4, -0.2) is 12.1 Å². The van der Waals surface area contributed by atoms with E-state index in [1.54, 1.807) is 19.2 Å². The van der Waals surface area contributed by atoms with Gasteiger partial charge in [0, 0.05) is 28.9 Å². The van der Waals surface area contributed by atoms with Gasteiger partial charge in [-0.25, -0.2) is 4.98 Å². The first kappa shape index (κ1) is 12.9. The maximum Gasteiger partial charge on any atom is 0.140 e. The number of benzene rings is 1. The van der Waals surface area contributed by atoms with E-state index >= 15 is 0 Å². The number of hydrogen-bond acceptors (Lipinski definition) is 4. The van der Waals surface area contributed by atoms with E-state index in [9.17, 15) is 0 Å². The topological polar surface area (TPSA) is 71.9 Å². The maximum absolute atomic E-state index is 8.90. The van der Waals surface area contributed by atoms with Crippen LogP contribution in [0.2, 0.25) is 0 Å². The monoisotopic (exact) mass is 253 g/mol. The third-order valence-corrected chi connectivity index (χ3v) is 3.05. The van der Waals surface area contributed by atoms with E-state index in [1.165, 1.54) is 0 Å². The van der Waals surface area contributed by atoms with Crippen molar-refractivity contribution in [1.29, 1.82) is 5.26 Å².